The van der Waals surface area contributed by atoms with Gasteiger partial charge in [-0.2, -0.15) is 0 Å². The smallest absolute Gasteiger partial charge is 0.248 e. The minimum Gasteiger partial charge on any atom is -0.319 e. The summed E-state index contributed by atoms with van der Waals surface area (Å²) in [5.74, 6) is -1.35. The molecule has 5 rings (SSSR count). The second kappa shape index (κ2) is 5.95. The summed E-state index contributed by atoms with van der Waals surface area (Å²) in [7, 11) is 0. The van der Waals surface area contributed by atoms with E-state index in [1.165, 1.54) is 12.1 Å². The number of nitrogens with one attached hydrogen (secondary N) is 1. The lowest BCUT2D eigenvalue weighted by Crippen LogP contribution is -2.12. The number of fused-ring (bicyclic) bond motifs is 2. The van der Waals surface area contributed by atoms with Gasteiger partial charge in [-0.05, 0) is 36.2 Å². The highest BCUT2D eigenvalue weighted by molar-refractivity contribution is 5.86. The molecule has 138 valence electrons. The fourth-order valence-corrected chi connectivity index (χ4v) is 3.49. The number of aromatic amines is 1. The second-order valence-corrected chi connectivity index (χ2v) is 6.75. The zero-order chi connectivity index (χ0) is 19.4. The molecule has 0 saturated heterocycles. The van der Waals surface area contributed by atoms with Gasteiger partial charge in [-0.1, -0.05) is 18.2 Å². The van der Waals surface area contributed by atoms with E-state index in [0.29, 0.717) is 16.6 Å². The van der Waals surface area contributed by atoms with Gasteiger partial charge in [-0.3, -0.25) is 4.79 Å². The lowest BCUT2D eigenvalue weighted by atomic mass is 10.1. The first-order chi connectivity index (χ1) is 13.5. The molecule has 3 heterocycles. The van der Waals surface area contributed by atoms with Crippen LogP contribution in [0.3, 0.4) is 0 Å². The van der Waals surface area contributed by atoms with Crippen LogP contribution in [0.5, 0.6) is 0 Å². The normalized spacial score (nSPS) is 13.2. The number of aryl methyl sites for hydroxylation is 1. The molecule has 0 bridgehead atoms. The number of rotatable bonds is 3. The Kier molecular flexibility index (Phi) is 3.52. The molecular formula is C21H14F2N4O. The van der Waals surface area contributed by atoms with Gasteiger partial charge in [0.1, 0.15) is 11.3 Å². The van der Waals surface area contributed by atoms with Crippen LogP contribution in [0.4, 0.5) is 8.78 Å². The molecule has 4 aromatic rings. The Morgan fingerprint density at radius 1 is 1.21 bits per heavy atom. The number of imidazole rings is 1. The van der Waals surface area contributed by atoms with Gasteiger partial charge in [0.05, 0.1) is 12.1 Å². The first-order valence-electron chi connectivity index (χ1n) is 8.73. The molecule has 7 heteroatoms. The number of nitrogens with zero attached hydrogens (tertiary/aromatic N) is 3. The maximum atomic E-state index is 14.2. The van der Waals surface area contributed by atoms with Crippen molar-refractivity contribution in [1.29, 1.82) is 0 Å². The number of hydrogen-bond acceptors (Lipinski definition) is 3. The van der Waals surface area contributed by atoms with Crippen LogP contribution in [0.15, 0.2) is 53.5 Å². The van der Waals surface area contributed by atoms with Crippen molar-refractivity contribution >= 4 is 27.6 Å². The largest absolute Gasteiger partial charge is 0.319 e. The maximum Gasteiger partial charge on any atom is 0.248 e. The Hall–Kier alpha value is -3.61. The van der Waals surface area contributed by atoms with Gasteiger partial charge in [0.25, 0.3) is 0 Å². The predicted molar refractivity (Wildman–Crippen MR) is 103 cm³/mol. The third kappa shape index (κ3) is 2.40. The summed E-state index contributed by atoms with van der Waals surface area (Å²) >= 11 is 0. The Labute approximate surface area is 157 Å². The number of hydrogen-bond donors (Lipinski definition) is 1. The van der Waals surface area contributed by atoms with Crippen molar-refractivity contribution in [2.75, 3.05) is 0 Å². The van der Waals surface area contributed by atoms with Gasteiger partial charge in [0.15, 0.2) is 17.3 Å². The van der Waals surface area contributed by atoms with Crippen LogP contribution in [0.25, 0.3) is 27.6 Å². The molecule has 5 nitrogen and oxygen atoms in total. The zero-order valence-corrected chi connectivity index (χ0v) is 14.8. The Morgan fingerprint density at radius 2 is 2.04 bits per heavy atom. The van der Waals surface area contributed by atoms with Crippen LogP contribution in [0.2, 0.25) is 0 Å². The topological polar surface area (TPSA) is 63.6 Å². The molecule has 0 fully saturated rings. The molecule has 0 spiro atoms. The minimum absolute atomic E-state index is 0.139. The fraction of sp³-hybridized carbons (Fsp3) is 0.0952. The Bertz CT molecular complexity index is 1400. The molecule has 3 aromatic heterocycles. The molecule has 0 unspecified atom stereocenters. The van der Waals surface area contributed by atoms with Crippen molar-refractivity contribution < 1.29 is 8.78 Å². The SMILES string of the molecule is Cc1ccnc2c1nc(C1=CC=C1)n2Cc1cc(=O)[nH]c2c(F)c(F)ccc12. The van der Waals surface area contributed by atoms with E-state index in [9.17, 15) is 13.6 Å². The summed E-state index contributed by atoms with van der Waals surface area (Å²) in [4.78, 5) is 23.7. The van der Waals surface area contributed by atoms with E-state index in [0.717, 1.165) is 28.5 Å². The quantitative estimate of drug-likeness (QED) is 0.591. The van der Waals surface area contributed by atoms with Crippen molar-refractivity contribution in [3.63, 3.8) is 0 Å². The lowest BCUT2D eigenvalue weighted by molar-refractivity contribution is 0.515. The zero-order valence-electron chi connectivity index (χ0n) is 14.8. The summed E-state index contributed by atoms with van der Waals surface area (Å²) in [6, 6.07) is 5.82. The van der Waals surface area contributed by atoms with Gasteiger partial charge in [0, 0.05) is 23.2 Å². The number of allylic oxidation sites excluding steroid dienone is 4. The first kappa shape index (κ1) is 16.6. The molecule has 0 saturated carbocycles. The fourth-order valence-electron chi connectivity index (χ4n) is 3.49. The van der Waals surface area contributed by atoms with Crippen molar-refractivity contribution in [2.45, 2.75) is 13.5 Å². The molecule has 0 amide bonds. The third-order valence-corrected chi connectivity index (χ3v) is 4.97. The van der Waals surface area contributed by atoms with Crippen molar-refractivity contribution in [1.82, 2.24) is 19.5 Å². The number of benzene rings is 1. The summed E-state index contributed by atoms with van der Waals surface area (Å²) < 4.78 is 29.7. The van der Waals surface area contributed by atoms with Gasteiger partial charge in [0.2, 0.25) is 5.56 Å². The highest BCUT2D eigenvalue weighted by Gasteiger charge is 2.19. The summed E-state index contributed by atoms with van der Waals surface area (Å²) in [5, 5.41) is 0.442. The first-order valence-corrected chi connectivity index (χ1v) is 8.73. The average Bonchev–Trinajstić information content (AvgIpc) is 2.97. The van der Waals surface area contributed by atoms with E-state index in [1.54, 1.807) is 6.20 Å². The molecule has 1 N–H and O–H groups in total. The van der Waals surface area contributed by atoms with Gasteiger partial charge < -0.3 is 9.55 Å². The van der Waals surface area contributed by atoms with Crippen LogP contribution < -0.4 is 5.56 Å². The summed E-state index contributed by atoms with van der Waals surface area (Å²) in [6.45, 7) is 2.20. The highest BCUT2D eigenvalue weighted by atomic mass is 19.2. The number of pyridine rings is 2. The van der Waals surface area contributed by atoms with Gasteiger partial charge in [-0.15, -0.1) is 0 Å². The van der Waals surface area contributed by atoms with E-state index in [-0.39, 0.29) is 12.1 Å². The second-order valence-electron chi connectivity index (χ2n) is 6.75. The van der Waals surface area contributed by atoms with Crippen LogP contribution >= 0.6 is 0 Å². The minimum atomic E-state index is -1.06. The van der Waals surface area contributed by atoms with E-state index in [4.69, 9.17) is 4.98 Å². The summed E-state index contributed by atoms with van der Waals surface area (Å²) in [5.41, 5.74) is 3.30. The van der Waals surface area contributed by atoms with E-state index in [2.05, 4.69) is 9.97 Å². The lowest BCUT2D eigenvalue weighted by Gasteiger charge is -2.13. The predicted octanol–water partition coefficient (Wildman–Crippen LogP) is 3.86. The van der Waals surface area contributed by atoms with Crippen molar-refractivity contribution in [2.24, 2.45) is 0 Å². The average molecular weight is 376 g/mol. The third-order valence-electron chi connectivity index (χ3n) is 4.97. The molecule has 0 aliphatic heterocycles. The van der Waals surface area contributed by atoms with E-state index in [1.807, 2.05) is 35.8 Å². The van der Waals surface area contributed by atoms with Crippen LogP contribution in [0, 0.1) is 18.6 Å². The van der Waals surface area contributed by atoms with Gasteiger partial charge in [-0.25, -0.2) is 18.7 Å². The monoisotopic (exact) mass is 376 g/mol. The Balaban J connectivity index is 1.76. The van der Waals surface area contributed by atoms with Crippen LogP contribution in [-0.2, 0) is 6.54 Å². The van der Waals surface area contributed by atoms with Crippen LogP contribution in [0.1, 0.15) is 17.0 Å². The number of halogens is 2. The number of H-pyrrole nitrogens is 1. The molecule has 1 aliphatic rings. The number of aromatic nitrogens is 4. The van der Waals surface area contributed by atoms with E-state index >= 15 is 0 Å². The maximum absolute atomic E-state index is 14.2. The highest BCUT2D eigenvalue weighted by Crippen LogP contribution is 2.29. The van der Waals surface area contributed by atoms with Gasteiger partial charge >= 0.3 is 0 Å². The Morgan fingerprint density at radius 3 is 2.79 bits per heavy atom. The van der Waals surface area contributed by atoms with Crippen LogP contribution in [-0.4, -0.2) is 19.5 Å². The molecular weight excluding hydrogens is 362 g/mol. The molecule has 1 aromatic carbocycles. The summed E-state index contributed by atoms with van der Waals surface area (Å²) in [6.07, 6.45) is 7.51. The van der Waals surface area contributed by atoms with E-state index < -0.39 is 17.2 Å². The standard InChI is InChI=1S/C21H14F2N4O/c1-11-7-8-24-21-18(11)26-20(12-3-2-4-12)27(21)10-13-9-16(28)25-19-14(13)5-6-15(22)17(19)23/h2-9H,10H2,1H3,(H,25,28). The van der Waals surface area contributed by atoms with Crippen molar-refractivity contribution in [3.05, 3.63) is 87.6 Å². The molecule has 1 aliphatic carbocycles. The molecule has 0 atom stereocenters. The molecule has 28 heavy (non-hydrogen) atoms. The molecule has 0 radical (unpaired) electrons. The van der Waals surface area contributed by atoms with Crippen molar-refractivity contribution in [3.8, 4) is 0 Å².